The van der Waals surface area contributed by atoms with Gasteiger partial charge in [-0.05, 0) is 61.6 Å². The van der Waals surface area contributed by atoms with E-state index in [1.54, 1.807) is 36.7 Å². The Labute approximate surface area is 256 Å². The average molecular weight is 603 g/mol. The van der Waals surface area contributed by atoms with Crippen LogP contribution in [0.15, 0.2) is 48.8 Å². The van der Waals surface area contributed by atoms with Gasteiger partial charge in [0.1, 0.15) is 5.69 Å². The summed E-state index contributed by atoms with van der Waals surface area (Å²) in [6.07, 6.45) is -0.0450. The molecule has 0 saturated carbocycles. The van der Waals surface area contributed by atoms with Gasteiger partial charge in [0.15, 0.2) is 17.4 Å². The van der Waals surface area contributed by atoms with Crippen LogP contribution in [-0.4, -0.2) is 67.8 Å². The van der Waals surface area contributed by atoms with Gasteiger partial charge in [0.2, 0.25) is 0 Å². The summed E-state index contributed by atoms with van der Waals surface area (Å²) in [6.45, 7) is 10.4. The molecule has 2 aromatic carbocycles. The zero-order valence-electron chi connectivity index (χ0n) is 25.6. The van der Waals surface area contributed by atoms with Crippen LogP contribution in [0.5, 0.6) is 0 Å². The molecule has 0 amide bonds. The molecular weight excluding hydrogens is 565 g/mol. The lowest BCUT2D eigenvalue weighted by molar-refractivity contribution is -0.138. The normalized spacial score (nSPS) is 14.4. The molecule has 1 fully saturated rings. The van der Waals surface area contributed by atoms with Crippen LogP contribution in [0.25, 0.3) is 11.6 Å². The highest BCUT2D eigenvalue weighted by Gasteiger charge is 2.34. The molecule has 3 heterocycles. The van der Waals surface area contributed by atoms with Gasteiger partial charge in [0.05, 0.1) is 5.56 Å². The number of H-pyrrole nitrogens is 1. The van der Waals surface area contributed by atoms with Crippen LogP contribution in [0.4, 0.5) is 13.2 Å². The van der Waals surface area contributed by atoms with Crippen molar-refractivity contribution in [2.45, 2.75) is 46.3 Å². The number of nitrogens with zero attached hydrogens (tertiary/aromatic N) is 5. The molecule has 1 aliphatic rings. The number of imidazole rings is 2. The van der Waals surface area contributed by atoms with Crippen LogP contribution < -0.4 is 0 Å². The third-order valence-corrected chi connectivity index (χ3v) is 7.92. The van der Waals surface area contributed by atoms with Gasteiger partial charge in [-0.3, -0.25) is 9.69 Å². The molecule has 1 aliphatic heterocycles. The Morgan fingerprint density at radius 1 is 1.02 bits per heavy atom. The summed E-state index contributed by atoms with van der Waals surface area (Å²) in [5.41, 5.74) is 3.31. The van der Waals surface area contributed by atoms with Crippen LogP contribution in [0.1, 0.15) is 62.9 Å². The summed E-state index contributed by atoms with van der Waals surface area (Å²) in [5.74, 6) is 7.20. The van der Waals surface area contributed by atoms with Gasteiger partial charge < -0.3 is 14.5 Å². The first-order chi connectivity index (χ1) is 21.0. The molecule has 0 aliphatic carbocycles. The fraction of sp³-hybridized carbons (Fsp3) is 0.382. The minimum absolute atomic E-state index is 0.138. The number of rotatable bonds is 8. The van der Waals surface area contributed by atoms with E-state index in [1.807, 2.05) is 25.5 Å². The molecule has 5 rings (SSSR count). The van der Waals surface area contributed by atoms with E-state index in [2.05, 4.69) is 43.5 Å². The van der Waals surface area contributed by atoms with Gasteiger partial charge in [0, 0.05) is 75.4 Å². The van der Waals surface area contributed by atoms with E-state index in [0.29, 0.717) is 34.0 Å². The predicted octanol–water partition coefficient (Wildman–Crippen LogP) is 5.80. The summed E-state index contributed by atoms with van der Waals surface area (Å²) in [6, 6.07) is 9.50. The standard InChI is InChI=1S/C34H37F3N6O/c1-5-12-42-13-15-43(16-14-42)21-28-9-7-25(17-30(28)34(35,36)37)18-31(44)27-8-6-23(2)26(19-27)10-11-29-22-41(4)33(40-29)32-38-20-24(3)39-32/h6-9,17,19-20,22H,5,12-16,18,21H2,1-4H3,(H,38,39). The Hall–Kier alpha value is -4.20. The molecule has 1 saturated heterocycles. The van der Waals surface area contributed by atoms with Gasteiger partial charge in [-0.1, -0.05) is 37.1 Å². The van der Waals surface area contributed by atoms with Crippen LogP contribution in [-0.2, 0) is 26.2 Å². The molecule has 4 aromatic rings. The molecule has 10 heteroatoms. The first-order valence-electron chi connectivity index (χ1n) is 14.8. The van der Waals surface area contributed by atoms with E-state index in [9.17, 15) is 18.0 Å². The van der Waals surface area contributed by atoms with Crippen molar-refractivity contribution in [3.05, 3.63) is 93.6 Å². The van der Waals surface area contributed by atoms with Crippen LogP contribution in [0.3, 0.4) is 0 Å². The highest BCUT2D eigenvalue weighted by molar-refractivity contribution is 5.98. The summed E-state index contributed by atoms with van der Waals surface area (Å²) in [4.78, 5) is 29.7. The van der Waals surface area contributed by atoms with Crippen molar-refractivity contribution in [3.8, 4) is 23.5 Å². The molecule has 0 spiro atoms. The molecule has 230 valence electrons. The highest BCUT2D eigenvalue weighted by Crippen LogP contribution is 2.34. The number of ketones is 1. The minimum Gasteiger partial charge on any atom is -0.340 e. The van der Waals surface area contributed by atoms with E-state index in [1.165, 1.54) is 6.07 Å². The highest BCUT2D eigenvalue weighted by atomic mass is 19.4. The van der Waals surface area contributed by atoms with Crippen molar-refractivity contribution in [1.82, 2.24) is 29.3 Å². The monoisotopic (exact) mass is 602 g/mol. The Balaban J connectivity index is 1.30. The molecule has 2 aromatic heterocycles. The van der Waals surface area contributed by atoms with E-state index < -0.39 is 11.7 Å². The molecule has 0 bridgehead atoms. The van der Waals surface area contributed by atoms with Gasteiger partial charge in [-0.2, -0.15) is 13.2 Å². The summed E-state index contributed by atoms with van der Waals surface area (Å²) in [7, 11) is 1.86. The molecular formula is C34H37F3N6O. The number of hydrogen-bond acceptors (Lipinski definition) is 5. The number of benzene rings is 2. The largest absolute Gasteiger partial charge is 0.416 e. The van der Waals surface area contributed by atoms with E-state index in [4.69, 9.17) is 0 Å². The lowest BCUT2D eigenvalue weighted by Crippen LogP contribution is -2.46. The van der Waals surface area contributed by atoms with Crippen LogP contribution >= 0.6 is 0 Å². The number of aromatic nitrogens is 4. The van der Waals surface area contributed by atoms with Gasteiger partial charge in [-0.15, -0.1) is 0 Å². The van der Waals surface area contributed by atoms with Crippen LogP contribution in [0.2, 0.25) is 0 Å². The maximum Gasteiger partial charge on any atom is 0.416 e. The van der Waals surface area contributed by atoms with E-state index in [0.717, 1.165) is 56.5 Å². The number of hydrogen-bond donors (Lipinski definition) is 1. The molecule has 0 unspecified atom stereocenters. The van der Waals surface area contributed by atoms with Crippen molar-refractivity contribution >= 4 is 5.78 Å². The van der Waals surface area contributed by atoms with E-state index in [-0.39, 0.29) is 24.3 Å². The lowest BCUT2D eigenvalue weighted by atomic mass is 9.96. The topological polar surface area (TPSA) is 70.1 Å². The molecule has 7 nitrogen and oxygen atoms in total. The second-order valence-electron chi connectivity index (χ2n) is 11.5. The first kappa shape index (κ1) is 31.2. The maximum absolute atomic E-state index is 14.1. The number of Topliss-reactive ketones (excluding diaryl/α,β-unsaturated/α-hetero) is 1. The predicted molar refractivity (Wildman–Crippen MR) is 164 cm³/mol. The van der Waals surface area contributed by atoms with Gasteiger partial charge in [-0.25, -0.2) is 9.97 Å². The second kappa shape index (κ2) is 13.2. The van der Waals surface area contributed by atoms with Crippen molar-refractivity contribution < 1.29 is 18.0 Å². The SMILES string of the molecule is CCCN1CCN(Cc2ccc(CC(=O)c3ccc(C)c(C#Cc4cn(C)c(-c5ncc(C)[nH]5)n4)c3)cc2C(F)(F)F)CC1. The van der Waals surface area contributed by atoms with Crippen molar-refractivity contribution in [2.75, 3.05) is 32.7 Å². The fourth-order valence-corrected chi connectivity index (χ4v) is 5.49. The van der Waals surface area contributed by atoms with Crippen molar-refractivity contribution in [1.29, 1.82) is 0 Å². The quantitative estimate of drug-likeness (QED) is 0.204. The number of carbonyl (C=O) groups is 1. The number of aromatic amines is 1. The smallest absolute Gasteiger partial charge is 0.340 e. The Morgan fingerprint density at radius 2 is 1.77 bits per heavy atom. The fourth-order valence-electron chi connectivity index (χ4n) is 5.49. The van der Waals surface area contributed by atoms with E-state index >= 15 is 0 Å². The molecule has 44 heavy (non-hydrogen) atoms. The maximum atomic E-state index is 14.1. The Bertz CT molecular complexity index is 1700. The summed E-state index contributed by atoms with van der Waals surface area (Å²) < 4.78 is 44.2. The zero-order valence-corrected chi connectivity index (χ0v) is 25.6. The van der Waals surface area contributed by atoms with Crippen molar-refractivity contribution in [3.63, 3.8) is 0 Å². The minimum atomic E-state index is -4.51. The Kier molecular flexibility index (Phi) is 9.37. The number of piperazine rings is 1. The molecule has 0 atom stereocenters. The number of halogens is 3. The Morgan fingerprint density at radius 3 is 2.45 bits per heavy atom. The average Bonchev–Trinajstić information content (AvgIpc) is 3.58. The number of nitrogens with one attached hydrogen (secondary N) is 1. The number of carbonyl (C=O) groups excluding carboxylic acids is 1. The second-order valence-corrected chi connectivity index (χ2v) is 11.5. The third-order valence-electron chi connectivity index (χ3n) is 7.92. The number of aryl methyl sites for hydroxylation is 3. The van der Waals surface area contributed by atoms with Gasteiger partial charge in [0.25, 0.3) is 0 Å². The summed E-state index contributed by atoms with van der Waals surface area (Å²) >= 11 is 0. The first-order valence-corrected chi connectivity index (χ1v) is 14.8. The number of alkyl halides is 3. The van der Waals surface area contributed by atoms with Crippen LogP contribution in [0, 0.1) is 25.7 Å². The summed E-state index contributed by atoms with van der Waals surface area (Å²) in [5, 5.41) is 0. The third kappa shape index (κ3) is 7.47. The molecule has 0 radical (unpaired) electrons. The van der Waals surface area contributed by atoms with Gasteiger partial charge >= 0.3 is 6.18 Å². The zero-order chi connectivity index (χ0) is 31.4. The lowest BCUT2D eigenvalue weighted by Gasteiger charge is -2.35. The van der Waals surface area contributed by atoms with Crippen molar-refractivity contribution in [2.24, 2.45) is 7.05 Å². The molecule has 1 N–H and O–H groups in total.